The molecule has 106 valence electrons. The monoisotopic (exact) mass is 280 g/mol. The molecule has 0 radical (unpaired) electrons. The van der Waals surface area contributed by atoms with E-state index in [4.69, 9.17) is 14.5 Å². The van der Waals surface area contributed by atoms with Crippen LogP contribution >= 0.6 is 0 Å². The van der Waals surface area contributed by atoms with E-state index >= 15 is 0 Å². The molecule has 4 nitrogen and oxygen atoms in total. The van der Waals surface area contributed by atoms with E-state index in [1.165, 1.54) is 5.56 Å². The summed E-state index contributed by atoms with van der Waals surface area (Å²) in [4.78, 5) is 8.18. The summed E-state index contributed by atoms with van der Waals surface area (Å²) in [5, 5.41) is 0. The van der Waals surface area contributed by atoms with Crippen molar-refractivity contribution >= 4 is 11.0 Å². The molecule has 1 unspecified atom stereocenters. The number of ether oxygens (including phenoxy) is 2. The van der Waals surface area contributed by atoms with E-state index in [1.807, 2.05) is 36.4 Å². The Labute approximate surface area is 122 Å². The molecule has 0 spiro atoms. The van der Waals surface area contributed by atoms with Gasteiger partial charge < -0.3 is 14.5 Å². The second kappa shape index (κ2) is 4.81. The topological polar surface area (TPSA) is 47.1 Å². The average molecular weight is 280 g/mol. The Hall–Kier alpha value is -2.49. The molecule has 0 saturated carbocycles. The van der Waals surface area contributed by atoms with E-state index in [0.717, 1.165) is 41.4 Å². The van der Waals surface area contributed by atoms with Crippen molar-refractivity contribution in [2.45, 2.75) is 12.3 Å². The molecule has 1 atom stereocenters. The number of para-hydroxylation sites is 1. The lowest BCUT2D eigenvalue weighted by Crippen LogP contribution is -2.16. The van der Waals surface area contributed by atoms with Crippen molar-refractivity contribution in [2.24, 2.45) is 0 Å². The maximum Gasteiger partial charge on any atom is 0.123 e. The fourth-order valence-electron chi connectivity index (χ4n) is 2.93. The summed E-state index contributed by atoms with van der Waals surface area (Å²) in [6.07, 6.45) is 0.938. The van der Waals surface area contributed by atoms with Crippen LogP contribution in [0.1, 0.15) is 23.7 Å². The van der Waals surface area contributed by atoms with Gasteiger partial charge in [0.25, 0.3) is 0 Å². The quantitative estimate of drug-likeness (QED) is 0.781. The van der Waals surface area contributed by atoms with Crippen molar-refractivity contribution in [2.75, 3.05) is 13.7 Å². The van der Waals surface area contributed by atoms with E-state index in [-0.39, 0.29) is 5.92 Å². The molecule has 2 aromatic carbocycles. The van der Waals surface area contributed by atoms with Gasteiger partial charge in [0.2, 0.25) is 0 Å². The van der Waals surface area contributed by atoms with Crippen molar-refractivity contribution in [3.8, 4) is 11.5 Å². The minimum Gasteiger partial charge on any atom is -0.497 e. The number of imidazole rings is 1. The maximum absolute atomic E-state index is 5.72. The maximum atomic E-state index is 5.72. The average Bonchev–Trinajstić information content (AvgIpc) is 2.97. The van der Waals surface area contributed by atoms with Gasteiger partial charge in [-0.2, -0.15) is 0 Å². The molecule has 4 rings (SSSR count). The van der Waals surface area contributed by atoms with E-state index in [0.29, 0.717) is 0 Å². The van der Waals surface area contributed by atoms with Gasteiger partial charge in [0.1, 0.15) is 17.3 Å². The number of methoxy groups -OCH3 is 1. The largest absolute Gasteiger partial charge is 0.497 e. The standard InChI is InChI=1S/C17H16N2O2/c1-20-11-6-7-14-15(10-11)19-17(18-14)13-8-9-21-16-5-3-2-4-12(13)16/h2-7,10,13H,8-9H2,1H3,(H,18,19). The SMILES string of the molecule is COc1ccc2nc(C3CCOc4ccccc43)[nH]c2c1. The molecule has 0 aliphatic carbocycles. The van der Waals surface area contributed by atoms with Gasteiger partial charge in [0.15, 0.2) is 0 Å². The first-order valence-corrected chi connectivity index (χ1v) is 7.10. The van der Waals surface area contributed by atoms with E-state index < -0.39 is 0 Å². The number of hydrogen-bond acceptors (Lipinski definition) is 3. The Morgan fingerprint density at radius 1 is 1.24 bits per heavy atom. The van der Waals surface area contributed by atoms with Gasteiger partial charge in [-0.3, -0.25) is 0 Å². The zero-order chi connectivity index (χ0) is 14.2. The van der Waals surface area contributed by atoms with Crippen molar-refractivity contribution < 1.29 is 9.47 Å². The molecule has 1 N–H and O–H groups in total. The summed E-state index contributed by atoms with van der Waals surface area (Å²) < 4.78 is 11.0. The number of H-pyrrole nitrogens is 1. The number of fused-ring (bicyclic) bond motifs is 2. The van der Waals surface area contributed by atoms with Crippen molar-refractivity contribution in [1.29, 1.82) is 0 Å². The van der Waals surface area contributed by atoms with Gasteiger partial charge in [-0.15, -0.1) is 0 Å². The minimum absolute atomic E-state index is 0.258. The molecule has 21 heavy (non-hydrogen) atoms. The summed E-state index contributed by atoms with van der Waals surface area (Å²) in [5.41, 5.74) is 3.18. The van der Waals surface area contributed by atoms with Crippen molar-refractivity contribution in [1.82, 2.24) is 9.97 Å². The van der Waals surface area contributed by atoms with E-state index in [9.17, 15) is 0 Å². The number of hydrogen-bond donors (Lipinski definition) is 1. The van der Waals surface area contributed by atoms with Crippen LogP contribution in [0.3, 0.4) is 0 Å². The van der Waals surface area contributed by atoms with Crippen LogP contribution in [0.5, 0.6) is 11.5 Å². The Morgan fingerprint density at radius 2 is 2.14 bits per heavy atom. The molecule has 0 saturated heterocycles. The third-order valence-electron chi connectivity index (χ3n) is 4.00. The lowest BCUT2D eigenvalue weighted by atomic mass is 9.92. The first-order chi connectivity index (χ1) is 10.3. The van der Waals surface area contributed by atoms with Gasteiger partial charge in [0.05, 0.1) is 24.8 Å². The summed E-state index contributed by atoms with van der Waals surface area (Å²) in [6.45, 7) is 0.724. The summed E-state index contributed by atoms with van der Waals surface area (Å²) >= 11 is 0. The Bertz CT molecular complexity index is 794. The van der Waals surface area contributed by atoms with E-state index in [1.54, 1.807) is 7.11 Å². The van der Waals surface area contributed by atoms with Gasteiger partial charge in [0, 0.05) is 17.5 Å². The van der Waals surface area contributed by atoms with Crippen LogP contribution in [0.15, 0.2) is 42.5 Å². The molecule has 0 fully saturated rings. The smallest absolute Gasteiger partial charge is 0.123 e. The highest BCUT2D eigenvalue weighted by Gasteiger charge is 2.25. The summed E-state index contributed by atoms with van der Waals surface area (Å²) in [6, 6.07) is 14.1. The molecule has 0 bridgehead atoms. The lowest BCUT2D eigenvalue weighted by molar-refractivity contribution is 0.275. The highest BCUT2D eigenvalue weighted by atomic mass is 16.5. The Morgan fingerprint density at radius 3 is 3.05 bits per heavy atom. The highest BCUT2D eigenvalue weighted by Crippen LogP contribution is 2.37. The number of nitrogens with zero attached hydrogens (tertiary/aromatic N) is 1. The van der Waals surface area contributed by atoms with Crippen LogP contribution in [0.4, 0.5) is 0 Å². The number of aromatic amines is 1. The fraction of sp³-hybridized carbons (Fsp3) is 0.235. The minimum atomic E-state index is 0.258. The third-order valence-corrected chi connectivity index (χ3v) is 4.00. The van der Waals surface area contributed by atoms with Crippen molar-refractivity contribution in [3.05, 3.63) is 53.9 Å². The molecule has 1 aromatic heterocycles. The molecule has 3 aromatic rings. The van der Waals surface area contributed by atoms with Gasteiger partial charge in [-0.05, 0) is 24.6 Å². The van der Waals surface area contributed by atoms with Crippen LogP contribution in [-0.2, 0) is 0 Å². The normalized spacial score (nSPS) is 17.3. The molecule has 1 aliphatic rings. The van der Waals surface area contributed by atoms with E-state index in [2.05, 4.69) is 11.1 Å². The first kappa shape index (κ1) is 12.3. The van der Waals surface area contributed by atoms with Crippen LogP contribution in [0.2, 0.25) is 0 Å². The van der Waals surface area contributed by atoms with Gasteiger partial charge in [-0.1, -0.05) is 18.2 Å². The summed E-state index contributed by atoms with van der Waals surface area (Å²) in [5.74, 6) is 3.05. The third kappa shape index (κ3) is 2.03. The molecular formula is C17H16N2O2. The molecule has 1 aliphatic heterocycles. The first-order valence-electron chi connectivity index (χ1n) is 7.10. The van der Waals surface area contributed by atoms with Gasteiger partial charge in [-0.25, -0.2) is 4.98 Å². The predicted molar refractivity (Wildman–Crippen MR) is 81.0 cm³/mol. The Balaban J connectivity index is 1.80. The number of nitrogens with one attached hydrogen (secondary N) is 1. The number of rotatable bonds is 2. The zero-order valence-corrected chi connectivity index (χ0v) is 11.8. The second-order valence-corrected chi connectivity index (χ2v) is 5.23. The van der Waals surface area contributed by atoms with Crippen LogP contribution < -0.4 is 9.47 Å². The lowest BCUT2D eigenvalue weighted by Gasteiger charge is -2.24. The number of aromatic nitrogens is 2. The molecule has 0 amide bonds. The molecule has 4 heteroatoms. The second-order valence-electron chi connectivity index (χ2n) is 5.23. The Kier molecular flexibility index (Phi) is 2.81. The fourth-order valence-corrected chi connectivity index (χ4v) is 2.93. The van der Waals surface area contributed by atoms with Crippen LogP contribution in [0.25, 0.3) is 11.0 Å². The molecular weight excluding hydrogens is 264 g/mol. The predicted octanol–water partition coefficient (Wildman–Crippen LogP) is 3.49. The van der Waals surface area contributed by atoms with Crippen LogP contribution in [-0.4, -0.2) is 23.7 Å². The van der Waals surface area contributed by atoms with Crippen molar-refractivity contribution in [3.63, 3.8) is 0 Å². The zero-order valence-electron chi connectivity index (χ0n) is 11.8. The van der Waals surface area contributed by atoms with Crippen LogP contribution in [0, 0.1) is 0 Å². The van der Waals surface area contributed by atoms with Gasteiger partial charge >= 0.3 is 0 Å². The highest BCUT2D eigenvalue weighted by molar-refractivity contribution is 5.77. The summed E-state index contributed by atoms with van der Waals surface area (Å²) in [7, 11) is 1.67. The number of benzene rings is 2. The molecule has 2 heterocycles.